The van der Waals surface area contributed by atoms with Crippen LogP contribution in [0.1, 0.15) is 37.4 Å². The molecule has 4 rings (SSSR count). The Morgan fingerprint density at radius 1 is 0.969 bits per heavy atom. The van der Waals surface area contributed by atoms with Gasteiger partial charge in [0.25, 0.3) is 0 Å². The number of hydrogen-bond acceptors (Lipinski definition) is 5. The van der Waals surface area contributed by atoms with Gasteiger partial charge in [0.05, 0.1) is 27.1 Å². The molecule has 1 aromatic heterocycles. The number of anilines is 1. The number of thioether (sulfide) groups is 1. The quantitative estimate of drug-likeness (QED) is 0.407. The summed E-state index contributed by atoms with van der Waals surface area (Å²) in [5.41, 5.74) is 0.113. The van der Waals surface area contributed by atoms with Crippen LogP contribution in [0, 0.1) is 0 Å². The summed E-state index contributed by atoms with van der Waals surface area (Å²) in [7, 11) is 0. The standard InChI is InChI=1S/C22H12ClF3N2O3S/c23-16-7-14-15(21(31)13-4-2-1-3-12(13)20(14)30)8-17(16)28-18(29)10-32-19-6-5-11(9-27-19)22(24,25)26/h1-9H,10H2,(H,28,29). The Balaban J connectivity index is 1.49. The van der Waals surface area contributed by atoms with Gasteiger partial charge in [0.1, 0.15) is 0 Å². The number of carbonyl (C=O) groups is 3. The zero-order chi connectivity index (χ0) is 23.0. The molecule has 5 nitrogen and oxygen atoms in total. The van der Waals surface area contributed by atoms with Crippen LogP contribution in [0.3, 0.4) is 0 Å². The van der Waals surface area contributed by atoms with E-state index in [1.54, 1.807) is 24.3 Å². The van der Waals surface area contributed by atoms with Crippen LogP contribution in [0.2, 0.25) is 5.02 Å². The fourth-order valence-corrected chi connectivity index (χ4v) is 4.03. The average molecular weight is 477 g/mol. The number of ketones is 2. The highest BCUT2D eigenvalue weighted by Gasteiger charge is 2.31. The molecule has 0 fully saturated rings. The van der Waals surface area contributed by atoms with Gasteiger partial charge < -0.3 is 5.32 Å². The highest BCUT2D eigenvalue weighted by Crippen LogP contribution is 2.34. The smallest absolute Gasteiger partial charge is 0.324 e. The van der Waals surface area contributed by atoms with Crippen LogP contribution >= 0.6 is 23.4 Å². The second kappa shape index (κ2) is 8.40. The van der Waals surface area contributed by atoms with Crippen molar-refractivity contribution in [3.63, 3.8) is 0 Å². The Labute approximate surface area is 189 Å². The van der Waals surface area contributed by atoms with Crippen molar-refractivity contribution in [1.82, 2.24) is 4.98 Å². The highest BCUT2D eigenvalue weighted by atomic mass is 35.5. The number of nitrogens with zero attached hydrogens (tertiary/aromatic N) is 1. The summed E-state index contributed by atoms with van der Waals surface area (Å²) >= 11 is 7.16. The summed E-state index contributed by atoms with van der Waals surface area (Å²) in [6.07, 6.45) is -3.79. The zero-order valence-corrected chi connectivity index (χ0v) is 17.6. The number of amides is 1. The maximum atomic E-state index is 12.8. The first-order chi connectivity index (χ1) is 15.1. The van der Waals surface area contributed by atoms with Gasteiger partial charge in [-0.3, -0.25) is 14.4 Å². The largest absolute Gasteiger partial charge is 0.417 e. The molecule has 0 bridgehead atoms. The number of aromatic nitrogens is 1. The highest BCUT2D eigenvalue weighted by molar-refractivity contribution is 7.99. The molecule has 162 valence electrons. The number of benzene rings is 2. The number of alkyl halides is 3. The van der Waals surface area contributed by atoms with Crippen molar-refractivity contribution in [1.29, 1.82) is 0 Å². The van der Waals surface area contributed by atoms with Gasteiger partial charge in [-0.25, -0.2) is 4.98 Å². The van der Waals surface area contributed by atoms with Crippen LogP contribution < -0.4 is 5.32 Å². The summed E-state index contributed by atoms with van der Waals surface area (Å²) in [6.45, 7) is 0. The van der Waals surface area contributed by atoms with Crippen LogP contribution in [-0.2, 0) is 11.0 Å². The van der Waals surface area contributed by atoms with Crippen molar-refractivity contribution in [2.45, 2.75) is 11.2 Å². The minimum Gasteiger partial charge on any atom is -0.324 e. The molecule has 0 radical (unpaired) electrons. The molecule has 0 unspecified atom stereocenters. The molecule has 1 amide bonds. The minimum absolute atomic E-state index is 0.0790. The Bertz CT molecular complexity index is 1260. The van der Waals surface area contributed by atoms with E-state index in [1.807, 2.05) is 0 Å². The van der Waals surface area contributed by atoms with Crippen molar-refractivity contribution in [2.75, 3.05) is 11.1 Å². The van der Waals surface area contributed by atoms with E-state index in [-0.39, 0.29) is 49.7 Å². The molecule has 0 saturated carbocycles. The summed E-state index contributed by atoms with van der Waals surface area (Å²) in [4.78, 5) is 41.5. The number of rotatable bonds is 4. The van der Waals surface area contributed by atoms with Crippen molar-refractivity contribution >= 4 is 46.5 Å². The van der Waals surface area contributed by atoms with E-state index < -0.39 is 17.6 Å². The molecule has 2 aromatic carbocycles. The lowest BCUT2D eigenvalue weighted by atomic mass is 9.84. The molecule has 0 aliphatic heterocycles. The van der Waals surface area contributed by atoms with Gasteiger partial charge in [-0.15, -0.1) is 0 Å². The number of pyridine rings is 1. The maximum absolute atomic E-state index is 12.8. The molecular formula is C22H12ClF3N2O3S. The lowest BCUT2D eigenvalue weighted by Crippen LogP contribution is -2.22. The van der Waals surface area contributed by atoms with Gasteiger partial charge in [0.2, 0.25) is 5.91 Å². The van der Waals surface area contributed by atoms with Crippen LogP contribution in [0.5, 0.6) is 0 Å². The number of halogens is 4. The molecular weight excluding hydrogens is 465 g/mol. The van der Waals surface area contributed by atoms with Crippen molar-refractivity contribution in [3.05, 3.63) is 87.6 Å². The van der Waals surface area contributed by atoms with E-state index in [0.29, 0.717) is 11.8 Å². The first kappa shape index (κ1) is 22.0. The number of hydrogen-bond donors (Lipinski definition) is 1. The average Bonchev–Trinajstić information content (AvgIpc) is 2.77. The van der Waals surface area contributed by atoms with Crippen molar-refractivity contribution in [3.8, 4) is 0 Å². The topological polar surface area (TPSA) is 76.1 Å². The van der Waals surface area contributed by atoms with Gasteiger partial charge in [-0.2, -0.15) is 13.2 Å². The molecule has 1 aliphatic carbocycles. The zero-order valence-electron chi connectivity index (χ0n) is 16.0. The molecule has 10 heteroatoms. The van der Waals surface area contributed by atoms with E-state index in [2.05, 4.69) is 10.3 Å². The van der Waals surface area contributed by atoms with Crippen LogP contribution in [0.15, 0.2) is 59.8 Å². The summed E-state index contributed by atoms with van der Waals surface area (Å²) < 4.78 is 37.8. The number of fused-ring (bicyclic) bond motifs is 2. The monoisotopic (exact) mass is 476 g/mol. The van der Waals surface area contributed by atoms with Crippen molar-refractivity contribution < 1.29 is 27.6 Å². The van der Waals surface area contributed by atoms with Gasteiger partial charge >= 0.3 is 6.18 Å². The third kappa shape index (κ3) is 4.26. The second-order valence-electron chi connectivity index (χ2n) is 6.80. The molecule has 0 atom stereocenters. The van der Waals surface area contributed by atoms with E-state index in [9.17, 15) is 27.6 Å². The summed E-state index contributed by atoms with van der Waals surface area (Å²) in [5.74, 6) is -1.35. The van der Waals surface area contributed by atoms with Crippen molar-refractivity contribution in [2.24, 2.45) is 0 Å². The van der Waals surface area contributed by atoms with Gasteiger partial charge in [-0.05, 0) is 24.3 Å². The number of nitrogens with one attached hydrogen (secondary N) is 1. The van der Waals surface area contributed by atoms with Crippen LogP contribution in [0.25, 0.3) is 0 Å². The molecule has 0 spiro atoms. The molecule has 1 heterocycles. The van der Waals surface area contributed by atoms with Gasteiger partial charge in [0, 0.05) is 28.5 Å². The predicted molar refractivity (Wildman–Crippen MR) is 113 cm³/mol. The molecule has 1 N–H and O–H groups in total. The third-order valence-electron chi connectivity index (χ3n) is 4.70. The molecule has 0 saturated heterocycles. The molecule has 1 aliphatic rings. The second-order valence-corrected chi connectivity index (χ2v) is 8.20. The predicted octanol–water partition coefficient (Wildman–Crippen LogP) is 5.26. The van der Waals surface area contributed by atoms with E-state index in [4.69, 9.17) is 11.6 Å². The SMILES string of the molecule is O=C(CSc1ccc(C(F)(F)F)cn1)Nc1cc2c(cc1Cl)C(=O)c1ccccc1C2=O. The minimum atomic E-state index is -4.49. The normalized spacial score (nSPS) is 12.9. The molecule has 32 heavy (non-hydrogen) atoms. The van der Waals surface area contributed by atoms with Gasteiger partial charge in [-0.1, -0.05) is 47.6 Å². The fraction of sp³-hybridized carbons (Fsp3) is 0.0909. The first-order valence-electron chi connectivity index (χ1n) is 9.13. The van der Waals surface area contributed by atoms with E-state index >= 15 is 0 Å². The lowest BCUT2D eigenvalue weighted by molar-refractivity contribution is -0.137. The first-order valence-corrected chi connectivity index (χ1v) is 10.5. The van der Waals surface area contributed by atoms with Crippen LogP contribution in [0.4, 0.5) is 18.9 Å². The third-order valence-corrected chi connectivity index (χ3v) is 5.96. The van der Waals surface area contributed by atoms with Gasteiger partial charge in [0.15, 0.2) is 11.6 Å². The summed E-state index contributed by atoms with van der Waals surface area (Å²) in [5, 5.41) is 2.88. The van der Waals surface area contributed by atoms with E-state index in [0.717, 1.165) is 17.8 Å². The molecule has 3 aromatic rings. The van der Waals surface area contributed by atoms with E-state index in [1.165, 1.54) is 18.2 Å². The lowest BCUT2D eigenvalue weighted by Gasteiger charge is -2.19. The van der Waals surface area contributed by atoms with Crippen LogP contribution in [-0.4, -0.2) is 28.2 Å². The number of carbonyl (C=O) groups excluding carboxylic acids is 3. The Morgan fingerprint density at radius 2 is 1.59 bits per heavy atom. The Morgan fingerprint density at radius 3 is 2.16 bits per heavy atom. The Hall–Kier alpha value is -3.17. The maximum Gasteiger partial charge on any atom is 0.417 e. The fourth-order valence-electron chi connectivity index (χ4n) is 3.17. The summed E-state index contributed by atoms with van der Waals surface area (Å²) in [6, 6.07) is 11.2. The Kier molecular flexibility index (Phi) is 5.79.